The highest BCUT2D eigenvalue weighted by atomic mass is 32.1. The lowest BCUT2D eigenvalue weighted by Gasteiger charge is -2.01. The topological polar surface area (TPSA) is 51.6 Å². The average Bonchev–Trinajstić information content (AvgIpc) is 2.99. The van der Waals surface area contributed by atoms with Crippen molar-refractivity contribution < 1.29 is 0 Å². The van der Waals surface area contributed by atoms with Crippen LogP contribution >= 0.6 is 11.3 Å². The first-order chi connectivity index (χ1) is 10.4. The van der Waals surface area contributed by atoms with Gasteiger partial charge in [0.2, 0.25) is 0 Å². The summed E-state index contributed by atoms with van der Waals surface area (Å²) in [7, 11) is 0. The molecular weight excluding hydrogens is 280 g/mol. The Labute approximate surface area is 125 Å². The van der Waals surface area contributed by atoms with E-state index in [0.717, 1.165) is 27.0 Å². The minimum absolute atomic E-state index is 0.645. The van der Waals surface area contributed by atoms with Crippen LogP contribution in [-0.4, -0.2) is 19.9 Å². The molecule has 0 unspecified atom stereocenters. The summed E-state index contributed by atoms with van der Waals surface area (Å²) in [6.07, 6.45) is 7.04. The number of nitrogens with zero attached hydrogens (tertiary/aromatic N) is 4. The molecule has 0 aliphatic heterocycles. The SMILES string of the molecule is c1cnc(-c2ccc3scc(-c4ccncc4)c3n2)nc1. The molecule has 0 fully saturated rings. The fourth-order valence-electron chi connectivity index (χ4n) is 2.20. The molecule has 0 radical (unpaired) electrons. The monoisotopic (exact) mass is 290 g/mol. The molecule has 0 aliphatic rings. The van der Waals surface area contributed by atoms with Gasteiger partial charge in [0, 0.05) is 35.7 Å². The molecule has 21 heavy (non-hydrogen) atoms. The Morgan fingerprint density at radius 1 is 0.857 bits per heavy atom. The van der Waals surface area contributed by atoms with Gasteiger partial charge >= 0.3 is 0 Å². The fourth-order valence-corrected chi connectivity index (χ4v) is 3.11. The molecule has 4 aromatic heterocycles. The molecule has 0 spiro atoms. The van der Waals surface area contributed by atoms with E-state index >= 15 is 0 Å². The van der Waals surface area contributed by atoms with Crippen molar-refractivity contribution in [2.24, 2.45) is 0 Å². The van der Waals surface area contributed by atoms with E-state index in [9.17, 15) is 0 Å². The number of thiophene rings is 1. The minimum atomic E-state index is 0.645. The third-order valence-corrected chi connectivity index (χ3v) is 4.14. The quantitative estimate of drug-likeness (QED) is 0.563. The maximum absolute atomic E-state index is 4.75. The Morgan fingerprint density at radius 2 is 1.67 bits per heavy atom. The first-order valence-corrected chi connectivity index (χ1v) is 7.36. The Bertz CT molecular complexity index is 888. The van der Waals surface area contributed by atoms with Gasteiger partial charge in [-0.1, -0.05) is 0 Å². The normalized spacial score (nSPS) is 10.9. The van der Waals surface area contributed by atoms with Gasteiger partial charge in [-0.2, -0.15) is 0 Å². The van der Waals surface area contributed by atoms with Gasteiger partial charge in [0.15, 0.2) is 5.82 Å². The lowest BCUT2D eigenvalue weighted by molar-refractivity contribution is 1.15. The van der Waals surface area contributed by atoms with Crippen molar-refractivity contribution in [2.45, 2.75) is 0 Å². The number of rotatable bonds is 2. The number of fused-ring (bicyclic) bond motifs is 1. The highest BCUT2D eigenvalue weighted by Crippen LogP contribution is 2.33. The van der Waals surface area contributed by atoms with Gasteiger partial charge in [-0.3, -0.25) is 4.98 Å². The summed E-state index contributed by atoms with van der Waals surface area (Å²) >= 11 is 1.69. The largest absolute Gasteiger partial charge is 0.265 e. The van der Waals surface area contributed by atoms with Crippen LogP contribution < -0.4 is 0 Å². The molecular formula is C16H10N4S. The second-order valence-electron chi connectivity index (χ2n) is 4.50. The van der Waals surface area contributed by atoms with E-state index in [0.29, 0.717) is 5.82 Å². The summed E-state index contributed by atoms with van der Waals surface area (Å²) in [5.41, 5.74) is 4.01. The van der Waals surface area contributed by atoms with Crippen LogP contribution in [0.3, 0.4) is 0 Å². The van der Waals surface area contributed by atoms with E-state index < -0.39 is 0 Å². The second-order valence-corrected chi connectivity index (χ2v) is 5.41. The molecule has 0 saturated heterocycles. The summed E-state index contributed by atoms with van der Waals surface area (Å²) in [6, 6.07) is 9.83. The lowest BCUT2D eigenvalue weighted by Crippen LogP contribution is -1.90. The summed E-state index contributed by atoms with van der Waals surface area (Å²) < 4.78 is 1.15. The Hall–Kier alpha value is -2.66. The summed E-state index contributed by atoms with van der Waals surface area (Å²) in [4.78, 5) is 17.3. The highest BCUT2D eigenvalue weighted by Gasteiger charge is 2.10. The number of aromatic nitrogens is 4. The van der Waals surface area contributed by atoms with Crippen LogP contribution in [0, 0.1) is 0 Å². The van der Waals surface area contributed by atoms with Crippen molar-refractivity contribution in [3.63, 3.8) is 0 Å². The standard InChI is InChI=1S/C16H10N4S/c1-6-18-16(19-7-1)13-2-3-14-15(20-13)12(10-21-14)11-4-8-17-9-5-11/h1-10H. The molecule has 0 atom stereocenters. The summed E-state index contributed by atoms with van der Waals surface area (Å²) in [5.74, 6) is 0.645. The van der Waals surface area contributed by atoms with Crippen LogP contribution in [0.2, 0.25) is 0 Å². The molecule has 5 heteroatoms. The number of pyridine rings is 2. The molecule has 4 rings (SSSR count). The van der Waals surface area contributed by atoms with Gasteiger partial charge in [0.1, 0.15) is 5.69 Å². The molecule has 4 aromatic rings. The molecule has 4 nitrogen and oxygen atoms in total. The van der Waals surface area contributed by atoms with Crippen LogP contribution in [0.5, 0.6) is 0 Å². The van der Waals surface area contributed by atoms with Crippen molar-refractivity contribution in [1.82, 2.24) is 19.9 Å². The molecule has 0 aliphatic carbocycles. The Morgan fingerprint density at radius 3 is 2.48 bits per heavy atom. The van der Waals surface area contributed by atoms with Crippen molar-refractivity contribution >= 4 is 21.6 Å². The van der Waals surface area contributed by atoms with Crippen molar-refractivity contribution in [3.05, 3.63) is 60.5 Å². The summed E-state index contributed by atoms with van der Waals surface area (Å²) in [6.45, 7) is 0. The fraction of sp³-hybridized carbons (Fsp3) is 0. The zero-order valence-electron chi connectivity index (χ0n) is 11.0. The van der Waals surface area contributed by atoms with Crippen LogP contribution in [0.4, 0.5) is 0 Å². The van der Waals surface area contributed by atoms with E-state index in [-0.39, 0.29) is 0 Å². The zero-order valence-corrected chi connectivity index (χ0v) is 11.8. The number of hydrogen-bond acceptors (Lipinski definition) is 5. The maximum atomic E-state index is 4.75. The van der Waals surface area contributed by atoms with Gasteiger partial charge < -0.3 is 0 Å². The van der Waals surface area contributed by atoms with Gasteiger partial charge in [-0.05, 0) is 35.9 Å². The van der Waals surface area contributed by atoms with E-state index in [1.165, 1.54) is 0 Å². The molecule has 4 heterocycles. The number of hydrogen-bond donors (Lipinski definition) is 0. The molecule has 0 saturated carbocycles. The van der Waals surface area contributed by atoms with Gasteiger partial charge in [0.25, 0.3) is 0 Å². The van der Waals surface area contributed by atoms with Crippen molar-refractivity contribution in [1.29, 1.82) is 0 Å². The van der Waals surface area contributed by atoms with Crippen LogP contribution in [-0.2, 0) is 0 Å². The third-order valence-electron chi connectivity index (χ3n) is 3.20. The predicted octanol–water partition coefficient (Wildman–Crippen LogP) is 3.82. The van der Waals surface area contributed by atoms with Crippen molar-refractivity contribution in [2.75, 3.05) is 0 Å². The summed E-state index contributed by atoms with van der Waals surface area (Å²) in [5, 5.41) is 2.13. The first kappa shape index (κ1) is 12.1. The Kier molecular flexibility index (Phi) is 2.90. The van der Waals surface area contributed by atoms with E-state index in [1.807, 2.05) is 18.2 Å². The van der Waals surface area contributed by atoms with E-state index in [4.69, 9.17) is 4.98 Å². The minimum Gasteiger partial charge on any atom is -0.265 e. The first-order valence-electron chi connectivity index (χ1n) is 6.48. The third kappa shape index (κ3) is 2.17. The van der Waals surface area contributed by atoms with Crippen LogP contribution in [0.15, 0.2) is 60.5 Å². The Balaban J connectivity index is 1.91. The van der Waals surface area contributed by atoms with Crippen molar-refractivity contribution in [3.8, 4) is 22.6 Å². The van der Waals surface area contributed by atoms with E-state index in [2.05, 4.69) is 26.4 Å². The second kappa shape index (κ2) is 5.03. The maximum Gasteiger partial charge on any atom is 0.178 e. The molecule has 100 valence electrons. The van der Waals surface area contributed by atoms with Crippen LogP contribution in [0.25, 0.3) is 32.9 Å². The average molecular weight is 290 g/mol. The molecule has 0 N–H and O–H groups in total. The molecule has 0 amide bonds. The van der Waals surface area contributed by atoms with Gasteiger partial charge in [0.05, 0.1) is 10.2 Å². The zero-order chi connectivity index (χ0) is 14.1. The smallest absolute Gasteiger partial charge is 0.178 e. The lowest BCUT2D eigenvalue weighted by atomic mass is 10.1. The molecule has 0 bridgehead atoms. The van der Waals surface area contributed by atoms with Gasteiger partial charge in [-0.15, -0.1) is 11.3 Å². The van der Waals surface area contributed by atoms with Crippen LogP contribution in [0.1, 0.15) is 0 Å². The molecule has 0 aromatic carbocycles. The predicted molar refractivity (Wildman–Crippen MR) is 83.9 cm³/mol. The highest BCUT2D eigenvalue weighted by molar-refractivity contribution is 7.17. The van der Waals surface area contributed by atoms with E-state index in [1.54, 1.807) is 42.2 Å². The van der Waals surface area contributed by atoms with Gasteiger partial charge in [-0.25, -0.2) is 15.0 Å².